The SMILES string of the molecule is Cc1ccc(S(=O)C[C@H](NC(=O)OC(C)(C)C)c2ccccc2)cc1. The summed E-state index contributed by atoms with van der Waals surface area (Å²) in [6, 6.07) is 16.7. The lowest BCUT2D eigenvalue weighted by Gasteiger charge is -2.24. The Morgan fingerprint density at radius 1 is 1.08 bits per heavy atom. The van der Waals surface area contributed by atoms with Crippen LogP contribution >= 0.6 is 0 Å². The molecule has 5 heteroatoms. The van der Waals surface area contributed by atoms with Crippen LogP contribution in [0.25, 0.3) is 0 Å². The molecule has 0 saturated heterocycles. The first-order valence-corrected chi connectivity index (χ1v) is 9.56. The molecular formula is C20H25NO3S. The summed E-state index contributed by atoms with van der Waals surface area (Å²) in [6.07, 6.45) is -0.512. The Balaban J connectivity index is 2.16. The fourth-order valence-electron chi connectivity index (χ4n) is 2.29. The zero-order valence-electron chi connectivity index (χ0n) is 15.1. The van der Waals surface area contributed by atoms with E-state index in [1.807, 2.05) is 82.3 Å². The summed E-state index contributed by atoms with van der Waals surface area (Å²) >= 11 is 0. The van der Waals surface area contributed by atoms with Gasteiger partial charge < -0.3 is 10.1 Å². The van der Waals surface area contributed by atoms with Crippen molar-refractivity contribution in [2.45, 2.75) is 44.2 Å². The number of benzene rings is 2. The van der Waals surface area contributed by atoms with E-state index in [0.717, 1.165) is 16.0 Å². The fourth-order valence-corrected chi connectivity index (χ4v) is 3.50. The third-order valence-corrected chi connectivity index (χ3v) is 4.93. The van der Waals surface area contributed by atoms with Crippen LogP contribution in [0.3, 0.4) is 0 Å². The molecule has 134 valence electrons. The molecule has 2 atom stereocenters. The highest BCUT2D eigenvalue weighted by Crippen LogP contribution is 2.19. The molecule has 0 saturated carbocycles. The molecule has 2 aromatic carbocycles. The summed E-state index contributed by atoms with van der Waals surface area (Å²) < 4.78 is 18.1. The van der Waals surface area contributed by atoms with Gasteiger partial charge in [-0.1, -0.05) is 48.0 Å². The van der Waals surface area contributed by atoms with Crippen LogP contribution < -0.4 is 5.32 Å². The Labute approximate surface area is 152 Å². The van der Waals surface area contributed by atoms with Crippen LogP contribution in [0, 0.1) is 6.92 Å². The molecule has 25 heavy (non-hydrogen) atoms. The van der Waals surface area contributed by atoms with Crippen molar-refractivity contribution >= 4 is 16.9 Å². The average Bonchev–Trinajstić information content (AvgIpc) is 2.54. The molecule has 0 fully saturated rings. The second-order valence-electron chi connectivity index (χ2n) is 6.93. The number of aryl methyl sites for hydroxylation is 1. The van der Waals surface area contributed by atoms with Crippen LogP contribution in [0.2, 0.25) is 0 Å². The van der Waals surface area contributed by atoms with E-state index in [-0.39, 0.29) is 5.75 Å². The van der Waals surface area contributed by atoms with E-state index >= 15 is 0 Å². The minimum absolute atomic E-state index is 0.284. The molecule has 1 N–H and O–H groups in total. The van der Waals surface area contributed by atoms with Crippen molar-refractivity contribution in [2.24, 2.45) is 0 Å². The number of nitrogens with one attached hydrogen (secondary N) is 1. The summed E-state index contributed by atoms with van der Waals surface area (Å²) in [4.78, 5) is 12.9. The van der Waals surface area contributed by atoms with Crippen LogP contribution in [0.1, 0.15) is 37.9 Å². The summed E-state index contributed by atoms with van der Waals surface area (Å²) in [5, 5.41) is 2.85. The Morgan fingerprint density at radius 2 is 1.68 bits per heavy atom. The highest BCUT2D eigenvalue weighted by molar-refractivity contribution is 7.85. The van der Waals surface area contributed by atoms with Crippen molar-refractivity contribution in [3.63, 3.8) is 0 Å². The second-order valence-corrected chi connectivity index (χ2v) is 8.43. The van der Waals surface area contributed by atoms with Gasteiger partial charge in [-0.15, -0.1) is 0 Å². The molecule has 0 aromatic heterocycles. The molecule has 4 nitrogen and oxygen atoms in total. The number of ether oxygens (including phenoxy) is 1. The predicted octanol–water partition coefficient (Wildman–Crippen LogP) is 4.37. The first kappa shape index (κ1) is 19.2. The fraction of sp³-hybridized carbons (Fsp3) is 0.350. The van der Waals surface area contributed by atoms with Gasteiger partial charge in [0, 0.05) is 4.90 Å². The molecule has 0 aliphatic heterocycles. The largest absolute Gasteiger partial charge is 0.444 e. The highest BCUT2D eigenvalue weighted by atomic mass is 32.2. The highest BCUT2D eigenvalue weighted by Gasteiger charge is 2.22. The van der Waals surface area contributed by atoms with Gasteiger partial charge in [-0.25, -0.2) is 4.79 Å². The molecule has 2 aromatic rings. The van der Waals surface area contributed by atoms with Crippen molar-refractivity contribution in [3.05, 3.63) is 65.7 Å². The van der Waals surface area contributed by atoms with Crippen molar-refractivity contribution in [1.82, 2.24) is 5.32 Å². The van der Waals surface area contributed by atoms with Crippen molar-refractivity contribution in [2.75, 3.05) is 5.75 Å². The normalized spacial score (nSPS) is 13.8. The zero-order valence-corrected chi connectivity index (χ0v) is 15.9. The van der Waals surface area contributed by atoms with Crippen LogP contribution in [-0.2, 0) is 15.5 Å². The molecule has 0 heterocycles. The Hall–Kier alpha value is -2.14. The molecule has 0 bridgehead atoms. The lowest BCUT2D eigenvalue weighted by Crippen LogP contribution is -2.36. The number of hydrogen-bond acceptors (Lipinski definition) is 3. The smallest absolute Gasteiger partial charge is 0.408 e. The van der Waals surface area contributed by atoms with E-state index in [1.165, 1.54) is 0 Å². The Kier molecular flexibility index (Phi) is 6.37. The first-order chi connectivity index (χ1) is 11.7. The van der Waals surface area contributed by atoms with Crippen LogP contribution in [0.4, 0.5) is 4.79 Å². The van der Waals surface area contributed by atoms with Gasteiger partial charge in [0.15, 0.2) is 0 Å². The van der Waals surface area contributed by atoms with Crippen molar-refractivity contribution in [3.8, 4) is 0 Å². The van der Waals surface area contributed by atoms with Crippen LogP contribution in [0.5, 0.6) is 0 Å². The lowest BCUT2D eigenvalue weighted by atomic mass is 10.1. The Bertz CT molecular complexity index is 721. The first-order valence-electron chi connectivity index (χ1n) is 8.24. The monoisotopic (exact) mass is 359 g/mol. The topological polar surface area (TPSA) is 55.4 Å². The van der Waals surface area contributed by atoms with Gasteiger partial charge in [-0.05, 0) is 45.4 Å². The maximum atomic E-state index is 12.7. The Morgan fingerprint density at radius 3 is 2.24 bits per heavy atom. The van der Waals surface area contributed by atoms with Gasteiger partial charge in [0.1, 0.15) is 5.60 Å². The number of amides is 1. The van der Waals surface area contributed by atoms with E-state index < -0.39 is 28.5 Å². The molecule has 0 spiro atoms. The van der Waals surface area contributed by atoms with Gasteiger partial charge in [-0.3, -0.25) is 4.21 Å². The van der Waals surface area contributed by atoms with Gasteiger partial charge in [0.2, 0.25) is 0 Å². The minimum atomic E-state index is -1.23. The molecule has 0 aliphatic carbocycles. The number of rotatable bonds is 5. The number of hydrogen-bond donors (Lipinski definition) is 1. The van der Waals surface area contributed by atoms with E-state index in [9.17, 15) is 9.00 Å². The maximum Gasteiger partial charge on any atom is 0.408 e. The summed E-state index contributed by atoms with van der Waals surface area (Å²) in [6.45, 7) is 7.43. The van der Waals surface area contributed by atoms with Crippen LogP contribution in [-0.4, -0.2) is 21.7 Å². The van der Waals surface area contributed by atoms with E-state index in [1.54, 1.807) is 0 Å². The standard InChI is InChI=1S/C20H25NO3S/c1-15-10-12-17(13-11-15)25(23)14-18(16-8-6-5-7-9-16)21-19(22)24-20(2,3)4/h5-13,18H,14H2,1-4H3,(H,21,22)/t18-,25?/m0/s1. The number of carbonyl (C=O) groups excluding carboxylic acids is 1. The zero-order chi connectivity index (χ0) is 18.4. The summed E-state index contributed by atoms with van der Waals surface area (Å²) in [7, 11) is -1.23. The van der Waals surface area contributed by atoms with Crippen molar-refractivity contribution < 1.29 is 13.7 Å². The molecule has 1 amide bonds. The van der Waals surface area contributed by atoms with E-state index in [2.05, 4.69) is 5.32 Å². The summed E-state index contributed by atoms with van der Waals surface area (Å²) in [5.74, 6) is 0.284. The van der Waals surface area contributed by atoms with Gasteiger partial charge >= 0.3 is 6.09 Å². The molecule has 1 unspecified atom stereocenters. The molecule has 0 radical (unpaired) electrons. The molecule has 0 aliphatic rings. The third kappa shape index (κ3) is 6.35. The number of carbonyl (C=O) groups is 1. The van der Waals surface area contributed by atoms with Crippen molar-refractivity contribution in [1.29, 1.82) is 0 Å². The average molecular weight is 359 g/mol. The minimum Gasteiger partial charge on any atom is -0.444 e. The summed E-state index contributed by atoms with van der Waals surface area (Å²) in [5.41, 5.74) is 1.43. The van der Waals surface area contributed by atoms with Gasteiger partial charge in [-0.2, -0.15) is 0 Å². The molecule has 2 rings (SSSR count). The molecular weight excluding hydrogens is 334 g/mol. The number of alkyl carbamates (subject to hydrolysis) is 1. The van der Waals surface area contributed by atoms with Crippen LogP contribution in [0.15, 0.2) is 59.5 Å². The van der Waals surface area contributed by atoms with Gasteiger partial charge in [0.05, 0.1) is 22.6 Å². The maximum absolute atomic E-state index is 12.7. The van der Waals surface area contributed by atoms with Gasteiger partial charge in [0.25, 0.3) is 0 Å². The lowest BCUT2D eigenvalue weighted by molar-refractivity contribution is 0.0509. The third-order valence-electron chi connectivity index (χ3n) is 3.49. The predicted molar refractivity (Wildman–Crippen MR) is 101 cm³/mol. The van der Waals surface area contributed by atoms with E-state index in [4.69, 9.17) is 4.74 Å². The second kappa shape index (κ2) is 8.30. The van der Waals surface area contributed by atoms with E-state index in [0.29, 0.717) is 0 Å². The quantitative estimate of drug-likeness (QED) is 0.862.